The van der Waals surface area contributed by atoms with Gasteiger partial charge >= 0.3 is 0 Å². The first-order chi connectivity index (χ1) is 14.2. The van der Waals surface area contributed by atoms with Crippen molar-refractivity contribution in [2.45, 2.75) is 69.9 Å². The Morgan fingerprint density at radius 3 is 2.66 bits per heavy atom. The van der Waals surface area contributed by atoms with Gasteiger partial charge < -0.3 is 19.5 Å². The average molecular weight is 401 g/mol. The van der Waals surface area contributed by atoms with Crippen LogP contribution in [0.3, 0.4) is 0 Å². The third-order valence-corrected chi connectivity index (χ3v) is 5.90. The Morgan fingerprint density at radius 2 is 1.90 bits per heavy atom. The van der Waals surface area contributed by atoms with E-state index in [4.69, 9.17) is 24.2 Å². The molecule has 1 aliphatic carbocycles. The van der Waals surface area contributed by atoms with Crippen molar-refractivity contribution >= 4 is 16.9 Å². The van der Waals surface area contributed by atoms with E-state index in [1.807, 2.05) is 12.4 Å². The van der Waals surface area contributed by atoms with Gasteiger partial charge in [0, 0.05) is 44.0 Å². The summed E-state index contributed by atoms with van der Waals surface area (Å²) in [6, 6.07) is 0.135. The van der Waals surface area contributed by atoms with E-state index >= 15 is 0 Å². The fraction of sp³-hybridized carbons (Fsp3) is 0.682. The van der Waals surface area contributed by atoms with Crippen molar-refractivity contribution in [2.24, 2.45) is 0 Å². The Hall–Kier alpha value is -1.99. The van der Waals surface area contributed by atoms with Crippen LogP contribution in [0.1, 0.15) is 63.4 Å². The number of ether oxygens (including phenoxy) is 3. The number of fused-ring (bicyclic) bond motifs is 1. The summed E-state index contributed by atoms with van der Waals surface area (Å²) in [5.41, 5.74) is 2.19. The first-order valence-corrected chi connectivity index (χ1v) is 10.9. The number of hydrogen-bond donors (Lipinski definition) is 1. The maximum Gasteiger partial charge on any atom is 0.224 e. The monoisotopic (exact) mass is 400 g/mol. The summed E-state index contributed by atoms with van der Waals surface area (Å²) in [5, 5.41) is 4.25. The predicted octanol–water partition coefficient (Wildman–Crippen LogP) is 4.08. The molecule has 1 aliphatic heterocycles. The fourth-order valence-corrected chi connectivity index (χ4v) is 4.36. The van der Waals surface area contributed by atoms with Gasteiger partial charge in [-0.15, -0.1) is 0 Å². The largest absolute Gasteiger partial charge is 0.474 e. The molecule has 0 bridgehead atoms. The predicted molar refractivity (Wildman–Crippen MR) is 113 cm³/mol. The van der Waals surface area contributed by atoms with Gasteiger partial charge in [-0.25, -0.2) is 15.0 Å². The van der Waals surface area contributed by atoms with Gasteiger partial charge in [0.15, 0.2) is 0 Å². The lowest BCUT2D eigenvalue weighted by molar-refractivity contribution is 0.0244. The zero-order valence-electron chi connectivity index (χ0n) is 17.5. The molecule has 2 aromatic heterocycles. The van der Waals surface area contributed by atoms with Gasteiger partial charge in [-0.2, -0.15) is 0 Å². The molecule has 4 rings (SSSR count). The van der Waals surface area contributed by atoms with Crippen molar-refractivity contribution in [1.29, 1.82) is 0 Å². The zero-order valence-corrected chi connectivity index (χ0v) is 17.5. The van der Waals surface area contributed by atoms with Crippen LogP contribution in [0.4, 0.5) is 5.95 Å². The highest BCUT2D eigenvalue weighted by molar-refractivity contribution is 5.86. The Kier molecular flexibility index (Phi) is 6.77. The minimum absolute atomic E-state index is 0.135. The topological polar surface area (TPSA) is 78.4 Å². The Bertz CT molecular complexity index is 804. The van der Waals surface area contributed by atoms with Gasteiger partial charge in [0.05, 0.1) is 30.7 Å². The van der Waals surface area contributed by atoms with E-state index < -0.39 is 0 Å². The summed E-state index contributed by atoms with van der Waals surface area (Å²) in [6.45, 7) is 4.14. The minimum Gasteiger partial charge on any atom is -0.474 e. The maximum absolute atomic E-state index is 6.26. The molecule has 0 spiro atoms. The molecule has 29 heavy (non-hydrogen) atoms. The van der Waals surface area contributed by atoms with E-state index in [2.05, 4.69) is 17.2 Å². The molecule has 0 radical (unpaired) electrons. The van der Waals surface area contributed by atoms with Crippen LogP contribution in [-0.2, 0) is 9.47 Å². The average Bonchev–Trinajstić information content (AvgIpc) is 2.75. The molecule has 1 atom stereocenters. The molecular weight excluding hydrogens is 368 g/mol. The van der Waals surface area contributed by atoms with Crippen LogP contribution in [0.2, 0.25) is 0 Å². The van der Waals surface area contributed by atoms with Crippen LogP contribution >= 0.6 is 0 Å². The van der Waals surface area contributed by atoms with Crippen molar-refractivity contribution in [1.82, 2.24) is 15.0 Å². The Labute approximate surface area is 172 Å². The van der Waals surface area contributed by atoms with Gasteiger partial charge in [-0.1, -0.05) is 19.3 Å². The van der Waals surface area contributed by atoms with Gasteiger partial charge in [0.2, 0.25) is 11.8 Å². The third-order valence-electron chi connectivity index (χ3n) is 5.90. The number of pyridine rings is 1. The lowest BCUT2D eigenvalue weighted by Gasteiger charge is -2.25. The van der Waals surface area contributed by atoms with E-state index in [-0.39, 0.29) is 12.1 Å². The van der Waals surface area contributed by atoms with E-state index in [0.717, 1.165) is 37.0 Å². The van der Waals surface area contributed by atoms with E-state index in [1.165, 1.54) is 37.7 Å². The maximum atomic E-state index is 6.26. The summed E-state index contributed by atoms with van der Waals surface area (Å²) < 4.78 is 16.9. The summed E-state index contributed by atoms with van der Waals surface area (Å²) in [5.74, 6) is 1.78. The first-order valence-electron chi connectivity index (χ1n) is 10.9. The molecule has 0 unspecified atom stereocenters. The van der Waals surface area contributed by atoms with Crippen molar-refractivity contribution in [2.75, 3.05) is 32.2 Å². The first kappa shape index (κ1) is 20.3. The minimum atomic E-state index is 0.135. The number of aromatic nitrogens is 3. The molecule has 1 saturated carbocycles. The smallest absolute Gasteiger partial charge is 0.224 e. The number of methoxy groups -OCH3 is 1. The molecule has 1 saturated heterocycles. The molecule has 0 aromatic carbocycles. The normalized spacial score (nSPS) is 19.9. The Balaban J connectivity index is 1.67. The molecule has 158 valence electrons. The highest BCUT2D eigenvalue weighted by Gasteiger charge is 2.23. The quantitative estimate of drug-likeness (QED) is 0.750. The second kappa shape index (κ2) is 9.67. The summed E-state index contributed by atoms with van der Waals surface area (Å²) >= 11 is 0. The molecular formula is C22H32N4O3. The van der Waals surface area contributed by atoms with Crippen LogP contribution in [0.15, 0.2) is 12.4 Å². The second-order valence-electron chi connectivity index (χ2n) is 8.24. The van der Waals surface area contributed by atoms with Crippen LogP contribution in [0.5, 0.6) is 5.88 Å². The fourth-order valence-electron chi connectivity index (χ4n) is 4.36. The molecule has 7 nitrogen and oxygen atoms in total. The van der Waals surface area contributed by atoms with Crippen LogP contribution in [-0.4, -0.2) is 54.0 Å². The Morgan fingerprint density at radius 1 is 1.10 bits per heavy atom. The van der Waals surface area contributed by atoms with Gasteiger partial charge in [0.25, 0.3) is 0 Å². The van der Waals surface area contributed by atoms with Crippen molar-refractivity contribution in [3.63, 3.8) is 0 Å². The second-order valence-corrected chi connectivity index (χ2v) is 8.24. The van der Waals surface area contributed by atoms with Gasteiger partial charge in [0.1, 0.15) is 6.10 Å². The number of rotatable bonds is 7. The standard InChI is InChI=1S/C22H32N4O3/c1-15(14-27-2)25-22-24-13-19-20(26-22)18(16-6-4-3-5-7-16)12-23-21(19)29-17-8-10-28-11-9-17/h12-13,15-17H,3-11,14H2,1-2H3,(H,24,25,26)/t15-/m0/s1. The molecule has 2 fully saturated rings. The van der Waals surface area contributed by atoms with E-state index in [9.17, 15) is 0 Å². The van der Waals surface area contributed by atoms with Crippen LogP contribution < -0.4 is 10.1 Å². The zero-order chi connectivity index (χ0) is 20.1. The summed E-state index contributed by atoms with van der Waals surface area (Å²) in [7, 11) is 1.70. The van der Waals surface area contributed by atoms with E-state index in [1.54, 1.807) is 7.11 Å². The lowest BCUT2D eigenvalue weighted by atomic mass is 9.84. The van der Waals surface area contributed by atoms with Crippen LogP contribution in [0, 0.1) is 0 Å². The molecule has 2 aliphatic rings. The summed E-state index contributed by atoms with van der Waals surface area (Å²) in [6.07, 6.45) is 12.0. The molecule has 7 heteroatoms. The van der Waals surface area contributed by atoms with E-state index in [0.29, 0.717) is 24.4 Å². The number of anilines is 1. The molecule has 1 N–H and O–H groups in total. The SMILES string of the molecule is COC[C@H](C)Nc1ncc2c(OC3CCOCC3)ncc(C3CCCCC3)c2n1. The molecule has 3 heterocycles. The van der Waals surface area contributed by atoms with Gasteiger partial charge in [-0.3, -0.25) is 0 Å². The number of nitrogens with zero attached hydrogens (tertiary/aromatic N) is 3. The third kappa shape index (κ3) is 4.95. The lowest BCUT2D eigenvalue weighted by Crippen LogP contribution is -2.26. The van der Waals surface area contributed by atoms with Gasteiger partial charge in [-0.05, 0) is 25.7 Å². The molecule has 2 aromatic rings. The molecule has 0 amide bonds. The van der Waals surface area contributed by atoms with Crippen LogP contribution in [0.25, 0.3) is 10.9 Å². The number of nitrogens with one attached hydrogen (secondary N) is 1. The van der Waals surface area contributed by atoms with Crippen molar-refractivity contribution < 1.29 is 14.2 Å². The highest BCUT2D eigenvalue weighted by atomic mass is 16.5. The van der Waals surface area contributed by atoms with Crippen molar-refractivity contribution in [3.05, 3.63) is 18.0 Å². The van der Waals surface area contributed by atoms with Crippen molar-refractivity contribution in [3.8, 4) is 5.88 Å². The number of hydrogen-bond acceptors (Lipinski definition) is 7. The highest BCUT2D eigenvalue weighted by Crippen LogP contribution is 2.37. The summed E-state index contributed by atoms with van der Waals surface area (Å²) in [4.78, 5) is 14.2.